The fraction of sp³-hybridized carbons (Fsp3) is 0.176. The Bertz CT molecular complexity index is 834. The van der Waals surface area contributed by atoms with E-state index in [1.165, 1.54) is 31.4 Å². The van der Waals surface area contributed by atoms with E-state index in [0.29, 0.717) is 5.69 Å². The van der Waals surface area contributed by atoms with Gasteiger partial charge in [0.15, 0.2) is 11.7 Å². The van der Waals surface area contributed by atoms with Crippen LogP contribution in [0.25, 0.3) is 6.08 Å². The zero-order valence-corrected chi connectivity index (χ0v) is 14.5. The first-order chi connectivity index (χ1) is 12.5. The number of nitrogens with zero attached hydrogens (tertiary/aromatic N) is 1. The first-order valence-corrected chi connectivity index (χ1v) is 8.26. The molecule has 1 N–H and O–H groups in total. The average Bonchev–Trinajstić information content (AvgIpc) is 3.05. The summed E-state index contributed by atoms with van der Waals surface area (Å²) in [5, 5.41) is 4.32. The van der Waals surface area contributed by atoms with Crippen molar-refractivity contribution in [2.45, 2.75) is 6.42 Å². The maximum atomic E-state index is 13.4. The Morgan fingerprint density at radius 2 is 2.08 bits per heavy atom. The summed E-state index contributed by atoms with van der Waals surface area (Å²) in [6.45, 7) is -0.521. The molecule has 0 bridgehead atoms. The number of esters is 2. The van der Waals surface area contributed by atoms with Crippen LogP contribution in [0.5, 0.6) is 0 Å². The summed E-state index contributed by atoms with van der Waals surface area (Å²) in [6, 6.07) is 5.93. The van der Waals surface area contributed by atoms with Gasteiger partial charge >= 0.3 is 11.9 Å². The largest absolute Gasteiger partial charge is 0.469 e. The Labute approximate surface area is 152 Å². The van der Waals surface area contributed by atoms with Gasteiger partial charge in [0.1, 0.15) is 5.82 Å². The zero-order valence-electron chi connectivity index (χ0n) is 13.7. The van der Waals surface area contributed by atoms with Crippen molar-refractivity contribution in [3.8, 4) is 0 Å². The minimum Gasteiger partial charge on any atom is -0.469 e. The molecule has 2 aromatic rings. The highest BCUT2D eigenvalue weighted by Gasteiger charge is 2.11. The summed E-state index contributed by atoms with van der Waals surface area (Å²) in [4.78, 5) is 38.5. The molecule has 0 atom stereocenters. The van der Waals surface area contributed by atoms with Crippen molar-refractivity contribution in [2.75, 3.05) is 19.0 Å². The molecule has 0 saturated carbocycles. The first kappa shape index (κ1) is 19.3. The van der Waals surface area contributed by atoms with Crippen LogP contribution in [0.15, 0.2) is 35.7 Å². The van der Waals surface area contributed by atoms with Crippen LogP contribution in [0.1, 0.15) is 11.3 Å². The molecule has 0 radical (unpaired) electrons. The highest BCUT2D eigenvalue weighted by Crippen LogP contribution is 2.16. The van der Waals surface area contributed by atoms with E-state index in [-0.39, 0.29) is 17.1 Å². The number of ether oxygens (including phenoxy) is 2. The molecule has 7 nitrogen and oxygen atoms in total. The fourth-order valence-electron chi connectivity index (χ4n) is 1.77. The van der Waals surface area contributed by atoms with Crippen LogP contribution in [0.3, 0.4) is 0 Å². The normalized spacial score (nSPS) is 10.5. The minimum absolute atomic E-state index is 0.00129. The number of methoxy groups -OCH3 is 1. The van der Waals surface area contributed by atoms with E-state index in [0.717, 1.165) is 17.4 Å². The third-order valence-corrected chi connectivity index (χ3v) is 3.81. The molecule has 0 fully saturated rings. The lowest BCUT2D eigenvalue weighted by Crippen LogP contribution is -2.20. The molecule has 0 aliphatic carbocycles. The van der Waals surface area contributed by atoms with Gasteiger partial charge in [-0.3, -0.25) is 14.9 Å². The number of halogens is 1. The number of anilines is 1. The number of rotatable bonds is 7. The highest BCUT2D eigenvalue weighted by atomic mass is 32.1. The lowest BCUT2D eigenvalue weighted by Gasteiger charge is -2.02. The maximum Gasteiger partial charge on any atom is 0.331 e. The van der Waals surface area contributed by atoms with Gasteiger partial charge in [-0.2, -0.15) is 0 Å². The fourth-order valence-corrected chi connectivity index (χ4v) is 2.50. The van der Waals surface area contributed by atoms with E-state index in [1.807, 2.05) is 0 Å². The molecular formula is C17H15FN2O5S. The summed E-state index contributed by atoms with van der Waals surface area (Å²) >= 11 is 1.13. The third kappa shape index (κ3) is 6.10. The summed E-state index contributed by atoms with van der Waals surface area (Å²) in [5.41, 5.74) is 0.691. The quantitative estimate of drug-likeness (QED) is 0.586. The third-order valence-electron chi connectivity index (χ3n) is 3.00. The van der Waals surface area contributed by atoms with Crippen molar-refractivity contribution >= 4 is 40.4 Å². The molecule has 0 unspecified atom stereocenters. The standard InChI is InChI=1S/C17H15FN2O5S/c1-24-16(23)8-12-10-26-17(19-12)20-14(21)9-25-15(22)7-6-11-4-2-3-5-13(11)18/h2-7,10H,8-9H2,1H3,(H,19,20,21)/b7-6+. The van der Waals surface area contributed by atoms with E-state index < -0.39 is 30.3 Å². The zero-order chi connectivity index (χ0) is 18.9. The summed E-state index contributed by atoms with van der Waals surface area (Å²) < 4.78 is 22.7. The van der Waals surface area contributed by atoms with Gasteiger partial charge in [0.05, 0.1) is 19.2 Å². The van der Waals surface area contributed by atoms with Crippen molar-refractivity contribution in [2.24, 2.45) is 0 Å². The number of hydrogen-bond donors (Lipinski definition) is 1. The topological polar surface area (TPSA) is 94.6 Å². The SMILES string of the molecule is COC(=O)Cc1csc(NC(=O)COC(=O)/C=C/c2ccccc2F)n1. The number of thiazole rings is 1. The average molecular weight is 378 g/mol. The maximum absolute atomic E-state index is 13.4. The molecule has 1 aromatic heterocycles. The van der Waals surface area contributed by atoms with Crippen molar-refractivity contribution in [1.29, 1.82) is 0 Å². The molecule has 1 aromatic carbocycles. The summed E-state index contributed by atoms with van der Waals surface area (Å²) in [7, 11) is 1.27. The van der Waals surface area contributed by atoms with Crippen LogP contribution in [0, 0.1) is 5.82 Å². The van der Waals surface area contributed by atoms with Crippen LogP contribution in [-0.4, -0.2) is 36.5 Å². The van der Waals surface area contributed by atoms with Crippen LogP contribution >= 0.6 is 11.3 Å². The molecular weight excluding hydrogens is 363 g/mol. The van der Waals surface area contributed by atoms with Gasteiger partial charge in [0.25, 0.3) is 5.91 Å². The van der Waals surface area contributed by atoms with Gasteiger partial charge in [-0.05, 0) is 12.1 Å². The predicted octanol–water partition coefficient (Wildman–Crippen LogP) is 2.19. The van der Waals surface area contributed by atoms with E-state index in [2.05, 4.69) is 15.0 Å². The van der Waals surface area contributed by atoms with Crippen LogP contribution in [0.2, 0.25) is 0 Å². The molecule has 2 rings (SSSR count). The molecule has 1 heterocycles. The smallest absolute Gasteiger partial charge is 0.331 e. The van der Waals surface area contributed by atoms with Crippen molar-refractivity contribution in [3.05, 3.63) is 52.8 Å². The predicted molar refractivity (Wildman–Crippen MR) is 92.9 cm³/mol. The molecule has 0 saturated heterocycles. The highest BCUT2D eigenvalue weighted by molar-refractivity contribution is 7.13. The number of nitrogens with one attached hydrogen (secondary N) is 1. The van der Waals surface area contributed by atoms with Crippen LogP contribution in [0.4, 0.5) is 9.52 Å². The van der Waals surface area contributed by atoms with Gasteiger partial charge in [0.2, 0.25) is 0 Å². The van der Waals surface area contributed by atoms with E-state index >= 15 is 0 Å². The van der Waals surface area contributed by atoms with Crippen LogP contribution < -0.4 is 5.32 Å². The van der Waals surface area contributed by atoms with Crippen LogP contribution in [-0.2, 0) is 30.3 Å². The molecule has 136 valence electrons. The first-order valence-electron chi connectivity index (χ1n) is 7.38. The summed E-state index contributed by atoms with van der Waals surface area (Å²) in [6.07, 6.45) is 2.29. The van der Waals surface area contributed by atoms with E-state index in [9.17, 15) is 18.8 Å². The van der Waals surface area contributed by atoms with Gasteiger partial charge in [-0.1, -0.05) is 18.2 Å². The van der Waals surface area contributed by atoms with Gasteiger partial charge in [-0.15, -0.1) is 11.3 Å². The Kier molecular flexibility index (Phi) is 6.98. The number of amides is 1. The number of carbonyl (C=O) groups excluding carboxylic acids is 3. The molecule has 0 aliphatic rings. The van der Waals surface area contributed by atoms with Crippen molar-refractivity contribution < 1.29 is 28.2 Å². The van der Waals surface area contributed by atoms with E-state index in [1.54, 1.807) is 11.4 Å². The number of benzene rings is 1. The lowest BCUT2D eigenvalue weighted by atomic mass is 10.2. The monoisotopic (exact) mass is 378 g/mol. The second-order valence-electron chi connectivity index (χ2n) is 4.91. The number of carbonyl (C=O) groups is 3. The number of hydrogen-bond acceptors (Lipinski definition) is 7. The second-order valence-corrected chi connectivity index (χ2v) is 5.77. The Morgan fingerprint density at radius 3 is 2.81 bits per heavy atom. The summed E-state index contributed by atoms with van der Waals surface area (Å²) in [5.74, 6) is -2.28. The second kappa shape index (κ2) is 9.42. The Balaban J connectivity index is 1.78. The van der Waals surface area contributed by atoms with Crippen molar-refractivity contribution in [3.63, 3.8) is 0 Å². The molecule has 1 amide bonds. The Hall–Kier alpha value is -3.07. The molecule has 0 spiro atoms. The molecule has 0 aliphatic heterocycles. The molecule has 26 heavy (non-hydrogen) atoms. The van der Waals surface area contributed by atoms with Gasteiger partial charge < -0.3 is 9.47 Å². The minimum atomic E-state index is -0.783. The Morgan fingerprint density at radius 1 is 1.31 bits per heavy atom. The van der Waals surface area contributed by atoms with Crippen molar-refractivity contribution in [1.82, 2.24) is 4.98 Å². The van der Waals surface area contributed by atoms with Gasteiger partial charge in [0, 0.05) is 17.0 Å². The van der Waals surface area contributed by atoms with Gasteiger partial charge in [-0.25, -0.2) is 14.2 Å². The number of aromatic nitrogens is 1. The molecule has 9 heteroatoms. The van der Waals surface area contributed by atoms with E-state index in [4.69, 9.17) is 4.74 Å². The lowest BCUT2D eigenvalue weighted by molar-refractivity contribution is -0.142.